The minimum absolute atomic E-state index is 0.180. The molecule has 2 aliphatic rings. The van der Waals surface area contributed by atoms with E-state index in [0.29, 0.717) is 0 Å². The Kier molecular flexibility index (Phi) is 3.51. The lowest BCUT2D eigenvalue weighted by atomic mass is 9.87. The normalized spacial score (nSPS) is 37.4. The first kappa shape index (κ1) is 14.2. The van der Waals surface area contributed by atoms with E-state index >= 15 is 0 Å². The summed E-state index contributed by atoms with van der Waals surface area (Å²) in [5.41, 5.74) is -1.37. The van der Waals surface area contributed by atoms with Crippen LogP contribution in [0.4, 0.5) is 0 Å². The highest BCUT2D eigenvalue weighted by molar-refractivity contribution is 6.39. The molecule has 0 aliphatic carbocycles. The van der Waals surface area contributed by atoms with Crippen LogP contribution in [0, 0.1) is 0 Å². The summed E-state index contributed by atoms with van der Waals surface area (Å²) in [6.45, 7) is 7.35. The third kappa shape index (κ3) is 2.20. The summed E-state index contributed by atoms with van der Waals surface area (Å²) in [5, 5.41) is 0. The van der Waals surface area contributed by atoms with Crippen molar-refractivity contribution >= 4 is 11.8 Å². The van der Waals surface area contributed by atoms with Gasteiger partial charge in [0.15, 0.2) is 17.5 Å². The van der Waals surface area contributed by atoms with Gasteiger partial charge in [0.1, 0.15) is 6.10 Å². The van der Waals surface area contributed by atoms with Crippen LogP contribution < -0.4 is 0 Å². The molecule has 6 heteroatoms. The number of carbonyl (C=O) groups is 2. The number of methoxy groups -OCH3 is 1. The maximum atomic E-state index is 12.0. The Morgan fingerprint density at radius 1 is 1.47 bits per heavy atom. The van der Waals surface area contributed by atoms with Crippen LogP contribution in [0.5, 0.6) is 0 Å². The molecule has 0 radical (unpaired) electrons. The maximum absolute atomic E-state index is 12.0. The molecule has 2 saturated heterocycles. The van der Waals surface area contributed by atoms with Crippen LogP contribution in [0.2, 0.25) is 0 Å². The second-order valence-electron chi connectivity index (χ2n) is 5.11. The van der Waals surface area contributed by atoms with Crippen molar-refractivity contribution in [2.45, 2.75) is 43.9 Å². The Balaban J connectivity index is 2.30. The summed E-state index contributed by atoms with van der Waals surface area (Å²) < 4.78 is 21.6. The van der Waals surface area contributed by atoms with Crippen LogP contribution in [-0.2, 0) is 28.5 Å². The van der Waals surface area contributed by atoms with E-state index in [1.54, 1.807) is 13.8 Å². The summed E-state index contributed by atoms with van der Waals surface area (Å²) in [6, 6.07) is 0. The Bertz CT molecular complexity index is 415. The van der Waals surface area contributed by atoms with Gasteiger partial charge in [0.25, 0.3) is 5.78 Å². The van der Waals surface area contributed by atoms with E-state index in [2.05, 4.69) is 6.58 Å². The van der Waals surface area contributed by atoms with Crippen molar-refractivity contribution < 1.29 is 28.5 Å². The maximum Gasteiger partial charge on any atom is 0.378 e. The van der Waals surface area contributed by atoms with Crippen LogP contribution in [0.15, 0.2) is 12.7 Å². The average Bonchev–Trinajstić information content (AvgIpc) is 2.82. The lowest BCUT2D eigenvalue weighted by molar-refractivity contribution is -0.178. The highest BCUT2D eigenvalue weighted by atomic mass is 16.8. The van der Waals surface area contributed by atoms with Gasteiger partial charge in [-0.1, -0.05) is 6.08 Å². The predicted molar refractivity (Wildman–Crippen MR) is 64.3 cm³/mol. The molecule has 2 aliphatic heterocycles. The van der Waals surface area contributed by atoms with E-state index in [1.807, 2.05) is 0 Å². The van der Waals surface area contributed by atoms with Crippen molar-refractivity contribution in [3.63, 3.8) is 0 Å². The SMILES string of the molecule is C=CC[C@@]1(OC)C(=O)C(=O)O[C@@H]1[C@@H]1COC(C)(C)O1. The number of esters is 1. The molecule has 0 aromatic rings. The van der Waals surface area contributed by atoms with Crippen molar-refractivity contribution in [3.05, 3.63) is 12.7 Å². The van der Waals surface area contributed by atoms with Gasteiger partial charge in [-0.05, 0) is 13.8 Å². The molecule has 0 N–H and O–H groups in total. The van der Waals surface area contributed by atoms with Crippen molar-refractivity contribution in [1.29, 1.82) is 0 Å². The Labute approximate surface area is 111 Å². The van der Waals surface area contributed by atoms with E-state index in [1.165, 1.54) is 13.2 Å². The van der Waals surface area contributed by atoms with Crippen molar-refractivity contribution in [3.8, 4) is 0 Å². The molecule has 0 aromatic heterocycles. The van der Waals surface area contributed by atoms with E-state index in [0.717, 1.165) is 0 Å². The number of Topliss-reactive ketones (excluding diaryl/α,β-unsaturated/α-hetero) is 1. The molecule has 0 saturated carbocycles. The number of ether oxygens (including phenoxy) is 4. The zero-order valence-corrected chi connectivity index (χ0v) is 11.3. The fraction of sp³-hybridized carbons (Fsp3) is 0.692. The average molecular weight is 270 g/mol. The molecule has 2 rings (SSSR count). The quantitative estimate of drug-likeness (QED) is 0.423. The van der Waals surface area contributed by atoms with E-state index < -0.39 is 35.3 Å². The molecular weight excluding hydrogens is 252 g/mol. The molecule has 6 nitrogen and oxygen atoms in total. The molecule has 0 amide bonds. The molecule has 2 heterocycles. The zero-order valence-electron chi connectivity index (χ0n) is 11.3. The third-order valence-corrected chi connectivity index (χ3v) is 3.44. The highest BCUT2D eigenvalue weighted by Crippen LogP contribution is 2.38. The first-order valence-corrected chi connectivity index (χ1v) is 6.09. The third-order valence-electron chi connectivity index (χ3n) is 3.44. The van der Waals surface area contributed by atoms with Gasteiger partial charge in [0.05, 0.1) is 6.61 Å². The molecule has 106 valence electrons. The van der Waals surface area contributed by atoms with E-state index in [9.17, 15) is 9.59 Å². The van der Waals surface area contributed by atoms with Gasteiger partial charge in [0.2, 0.25) is 0 Å². The van der Waals surface area contributed by atoms with E-state index in [4.69, 9.17) is 18.9 Å². The zero-order chi connectivity index (χ0) is 14.3. The smallest absolute Gasteiger partial charge is 0.378 e. The molecule has 0 spiro atoms. The minimum atomic E-state index is -1.37. The molecule has 19 heavy (non-hydrogen) atoms. The van der Waals surface area contributed by atoms with Gasteiger partial charge in [-0.3, -0.25) is 4.79 Å². The summed E-state index contributed by atoms with van der Waals surface area (Å²) >= 11 is 0. The van der Waals surface area contributed by atoms with Gasteiger partial charge in [-0.25, -0.2) is 4.79 Å². The van der Waals surface area contributed by atoms with Crippen molar-refractivity contribution in [2.75, 3.05) is 13.7 Å². The molecule has 0 unspecified atom stereocenters. The van der Waals surface area contributed by atoms with Crippen LogP contribution in [0.25, 0.3) is 0 Å². The number of ketones is 1. The second kappa shape index (κ2) is 4.70. The Hall–Kier alpha value is -1.24. The molecule has 0 bridgehead atoms. The topological polar surface area (TPSA) is 71.1 Å². The summed E-state index contributed by atoms with van der Waals surface area (Å²) in [4.78, 5) is 23.6. The van der Waals surface area contributed by atoms with Crippen molar-refractivity contribution in [1.82, 2.24) is 0 Å². The standard InChI is InChI=1S/C13H18O6/c1-5-6-13(16-4)9(14)11(15)18-10(13)8-7-17-12(2,3)19-8/h5,8,10H,1,6-7H2,2-4H3/t8-,10+,13+/m0/s1. The second-order valence-corrected chi connectivity index (χ2v) is 5.11. The lowest BCUT2D eigenvalue weighted by Crippen LogP contribution is -2.52. The summed E-state index contributed by atoms with van der Waals surface area (Å²) in [5.74, 6) is -2.37. The molecule has 0 aromatic carbocycles. The van der Waals surface area contributed by atoms with Gasteiger partial charge < -0.3 is 18.9 Å². The number of carbonyl (C=O) groups excluding carboxylic acids is 2. The Morgan fingerprint density at radius 3 is 2.63 bits per heavy atom. The fourth-order valence-electron chi connectivity index (χ4n) is 2.52. The van der Waals surface area contributed by atoms with Gasteiger partial charge in [0, 0.05) is 13.5 Å². The monoisotopic (exact) mass is 270 g/mol. The number of hydrogen-bond acceptors (Lipinski definition) is 6. The van der Waals surface area contributed by atoms with E-state index in [-0.39, 0.29) is 13.0 Å². The number of hydrogen-bond donors (Lipinski definition) is 0. The van der Waals surface area contributed by atoms with Gasteiger partial charge in [-0.15, -0.1) is 6.58 Å². The fourth-order valence-corrected chi connectivity index (χ4v) is 2.52. The van der Waals surface area contributed by atoms with Crippen LogP contribution in [-0.4, -0.2) is 49.1 Å². The Morgan fingerprint density at radius 2 is 2.16 bits per heavy atom. The highest BCUT2D eigenvalue weighted by Gasteiger charge is 2.61. The minimum Gasteiger partial charge on any atom is -0.450 e. The first-order valence-electron chi connectivity index (χ1n) is 6.09. The summed E-state index contributed by atoms with van der Waals surface area (Å²) in [6.07, 6.45) is 0.346. The summed E-state index contributed by atoms with van der Waals surface area (Å²) in [7, 11) is 1.37. The molecule has 3 atom stereocenters. The lowest BCUT2D eigenvalue weighted by Gasteiger charge is -2.31. The van der Waals surface area contributed by atoms with Gasteiger partial charge >= 0.3 is 5.97 Å². The van der Waals surface area contributed by atoms with Crippen LogP contribution >= 0.6 is 0 Å². The van der Waals surface area contributed by atoms with Crippen molar-refractivity contribution in [2.24, 2.45) is 0 Å². The molecular formula is C13H18O6. The molecule has 2 fully saturated rings. The number of cyclic esters (lactones) is 1. The van der Waals surface area contributed by atoms with Crippen LogP contribution in [0.1, 0.15) is 20.3 Å². The number of rotatable bonds is 4. The largest absolute Gasteiger partial charge is 0.450 e. The first-order chi connectivity index (χ1) is 8.86. The predicted octanol–water partition coefficient (Wildman–Crippen LogP) is 0.594. The van der Waals surface area contributed by atoms with Crippen LogP contribution in [0.3, 0.4) is 0 Å². The van der Waals surface area contributed by atoms with Gasteiger partial charge in [-0.2, -0.15) is 0 Å².